The summed E-state index contributed by atoms with van der Waals surface area (Å²) < 4.78 is 24.7. The number of carbonyl (C=O) groups is 2. The van der Waals surface area contributed by atoms with E-state index in [9.17, 15) is 9.59 Å². The van der Waals surface area contributed by atoms with E-state index < -0.39 is 5.79 Å². The fraction of sp³-hybridized carbons (Fsp3) is 0.959. The first kappa shape index (κ1) is 52.8. The normalized spacial score (nSPS) is 17.0. The number of esters is 2. The van der Waals surface area contributed by atoms with Crippen LogP contribution >= 0.6 is 0 Å². The highest BCUT2D eigenvalue weighted by molar-refractivity contribution is 5.69. The lowest BCUT2D eigenvalue weighted by Gasteiger charge is -2.29. The third kappa shape index (κ3) is 31.8. The largest absolute Gasteiger partial charge is 0.466 e. The summed E-state index contributed by atoms with van der Waals surface area (Å²) in [6.45, 7) is 9.01. The quantitative estimate of drug-likeness (QED) is 0.0450. The first-order valence-corrected chi connectivity index (χ1v) is 24.7. The molecule has 0 bridgehead atoms. The van der Waals surface area contributed by atoms with Crippen LogP contribution in [0.25, 0.3) is 0 Å². The number of hydrogen-bond acceptors (Lipinski definition) is 7. The van der Waals surface area contributed by atoms with E-state index in [2.05, 4.69) is 39.8 Å². The third-order valence-electron chi connectivity index (χ3n) is 11.8. The molecule has 1 aliphatic rings. The van der Waals surface area contributed by atoms with Crippen molar-refractivity contribution in [1.82, 2.24) is 4.90 Å². The van der Waals surface area contributed by atoms with Gasteiger partial charge in [-0.25, -0.2) is 0 Å². The fourth-order valence-corrected chi connectivity index (χ4v) is 8.07. The second kappa shape index (κ2) is 38.0. The highest BCUT2D eigenvalue weighted by atomic mass is 16.7. The number of unbranched alkanes of at least 4 members (excludes halogenated alkanes) is 24. The van der Waals surface area contributed by atoms with E-state index in [0.29, 0.717) is 26.1 Å². The summed E-state index contributed by atoms with van der Waals surface area (Å²) in [4.78, 5) is 27.2. The standard InChI is InChI=1S/C49H95NO6/c1-6-9-12-15-18-19-23-30-37-47(51)53-43-34-27-26-33-41-49(54-44-46(56-49)39-42-50(4)5)40-32-25-20-24-31-38-48(52)55-45(35-28-21-16-13-10-7-2)36-29-22-17-14-11-8-3/h45-46H,6-44H2,1-5H3. The molecule has 0 spiro atoms. The van der Waals surface area contributed by atoms with E-state index in [-0.39, 0.29) is 24.1 Å². The molecule has 1 heterocycles. The minimum Gasteiger partial charge on any atom is -0.466 e. The van der Waals surface area contributed by atoms with E-state index in [4.69, 9.17) is 18.9 Å². The Morgan fingerprint density at radius 2 is 1.00 bits per heavy atom. The zero-order valence-electron chi connectivity index (χ0n) is 38.1. The van der Waals surface area contributed by atoms with Gasteiger partial charge in [-0.15, -0.1) is 0 Å². The van der Waals surface area contributed by atoms with Gasteiger partial charge in [-0.1, -0.05) is 162 Å². The van der Waals surface area contributed by atoms with Crippen molar-refractivity contribution in [3.05, 3.63) is 0 Å². The van der Waals surface area contributed by atoms with Gasteiger partial charge in [0.1, 0.15) is 6.10 Å². The molecule has 0 radical (unpaired) electrons. The van der Waals surface area contributed by atoms with Crippen LogP contribution in [-0.2, 0) is 28.5 Å². The highest BCUT2D eigenvalue weighted by Gasteiger charge is 2.40. The van der Waals surface area contributed by atoms with Gasteiger partial charge in [-0.05, 0) is 78.3 Å². The maximum absolute atomic E-state index is 12.9. The van der Waals surface area contributed by atoms with Crippen molar-refractivity contribution in [2.24, 2.45) is 0 Å². The summed E-state index contributed by atoms with van der Waals surface area (Å²) in [6, 6.07) is 0. The van der Waals surface area contributed by atoms with Crippen LogP contribution in [0.15, 0.2) is 0 Å². The summed E-state index contributed by atoms with van der Waals surface area (Å²) in [7, 11) is 4.23. The molecule has 56 heavy (non-hydrogen) atoms. The Kier molecular flexibility index (Phi) is 35.9. The van der Waals surface area contributed by atoms with Crippen LogP contribution in [0.3, 0.4) is 0 Å². The molecule has 0 N–H and O–H groups in total. The maximum Gasteiger partial charge on any atom is 0.306 e. The first-order chi connectivity index (χ1) is 27.3. The van der Waals surface area contributed by atoms with Crippen LogP contribution in [0.1, 0.15) is 252 Å². The molecule has 1 rings (SSSR count). The second-order valence-electron chi connectivity index (χ2n) is 17.7. The lowest BCUT2D eigenvalue weighted by Crippen LogP contribution is -2.31. The molecule has 0 saturated carbocycles. The number of ether oxygens (including phenoxy) is 4. The molecule has 0 amide bonds. The number of hydrogen-bond donors (Lipinski definition) is 0. The van der Waals surface area contributed by atoms with E-state index >= 15 is 0 Å². The Bertz CT molecular complexity index is 867. The molecule has 1 aliphatic heterocycles. The Balaban J connectivity index is 2.32. The summed E-state index contributed by atoms with van der Waals surface area (Å²) in [5, 5.41) is 0. The lowest BCUT2D eigenvalue weighted by atomic mass is 9.99. The predicted molar refractivity (Wildman–Crippen MR) is 236 cm³/mol. The van der Waals surface area contributed by atoms with E-state index in [0.717, 1.165) is 109 Å². The molecule has 0 aromatic carbocycles. The van der Waals surface area contributed by atoms with Gasteiger partial charge in [-0.2, -0.15) is 0 Å². The smallest absolute Gasteiger partial charge is 0.306 e. The Morgan fingerprint density at radius 3 is 1.50 bits per heavy atom. The zero-order chi connectivity index (χ0) is 40.8. The maximum atomic E-state index is 12.9. The molecular weight excluding hydrogens is 699 g/mol. The van der Waals surface area contributed by atoms with Gasteiger partial charge in [0.15, 0.2) is 5.79 Å². The van der Waals surface area contributed by atoms with E-state index in [1.165, 1.54) is 116 Å². The van der Waals surface area contributed by atoms with Crippen molar-refractivity contribution in [2.75, 3.05) is 33.9 Å². The van der Waals surface area contributed by atoms with Crippen LogP contribution in [-0.4, -0.2) is 68.7 Å². The molecule has 1 fully saturated rings. The number of nitrogens with zero attached hydrogens (tertiary/aromatic N) is 1. The average molecular weight is 794 g/mol. The number of rotatable bonds is 42. The van der Waals surface area contributed by atoms with Crippen LogP contribution in [0.5, 0.6) is 0 Å². The SMILES string of the molecule is CCCCCCCCCCC(=O)OCCCCCCC1(CCCCCCCC(=O)OC(CCCCCCCC)CCCCCCCC)OCC(CCN(C)C)O1. The second-order valence-corrected chi connectivity index (χ2v) is 17.7. The summed E-state index contributed by atoms with van der Waals surface area (Å²) >= 11 is 0. The third-order valence-corrected chi connectivity index (χ3v) is 11.8. The number of carbonyl (C=O) groups excluding carboxylic acids is 2. The fourth-order valence-electron chi connectivity index (χ4n) is 8.07. The summed E-state index contributed by atoms with van der Waals surface area (Å²) in [6.07, 6.45) is 41.1. The molecule has 7 nitrogen and oxygen atoms in total. The molecule has 0 aliphatic carbocycles. The summed E-state index contributed by atoms with van der Waals surface area (Å²) in [5.41, 5.74) is 0. The average Bonchev–Trinajstić information content (AvgIpc) is 3.59. The minimum atomic E-state index is -0.468. The molecule has 2 unspecified atom stereocenters. The van der Waals surface area contributed by atoms with Gasteiger partial charge in [0.25, 0.3) is 0 Å². The van der Waals surface area contributed by atoms with Crippen LogP contribution in [0, 0.1) is 0 Å². The van der Waals surface area contributed by atoms with Gasteiger partial charge in [-0.3, -0.25) is 9.59 Å². The van der Waals surface area contributed by atoms with Crippen molar-refractivity contribution >= 4 is 11.9 Å². The minimum absolute atomic E-state index is 0.0133. The van der Waals surface area contributed by atoms with Gasteiger partial charge in [0.05, 0.1) is 19.3 Å². The molecule has 332 valence electrons. The Morgan fingerprint density at radius 1 is 0.571 bits per heavy atom. The van der Waals surface area contributed by atoms with Crippen LogP contribution in [0.4, 0.5) is 0 Å². The van der Waals surface area contributed by atoms with E-state index in [1.54, 1.807) is 0 Å². The van der Waals surface area contributed by atoms with Gasteiger partial charge >= 0.3 is 11.9 Å². The summed E-state index contributed by atoms with van der Waals surface area (Å²) in [5.74, 6) is -0.485. The van der Waals surface area contributed by atoms with Crippen molar-refractivity contribution < 1.29 is 28.5 Å². The molecule has 7 heteroatoms. The first-order valence-electron chi connectivity index (χ1n) is 24.7. The zero-order valence-corrected chi connectivity index (χ0v) is 38.1. The van der Waals surface area contributed by atoms with Gasteiger partial charge in [0, 0.05) is 32.2 Å². The highest BCUT2D eigenvalue weighted by Crippen LogP contribution is 2.35. The monoisotopic (exact) mass is 794 g/mol. The molecule has 0 aromatic rings. The van der Waals surface area contributed by atoms with Crippen LogP contribution in [0.2, 0.25) is 0 Å². The lowest BCUT2D eigenvalue weighted by molar-refractivity contribution is -0.180. The molecule has 0 aromatic heterocycles. The van der Waals surface area contributed by atoms with Gasteiger partial charge in [0.2, 0.25) is 0 Å². The Labute approximate surface area is 348 Å². The topological polar surface area (TPSA) is 74.3 Å². The van der Waals surface area contributed by atoms with Crippen molar-refractivity contribution in [3.63, 3.8) is 0 Å². The molecular formula is C49H95NO6. The van der Waals surface area contributed by atoms with Crippen molar-refractivity contribution in [1.29, 1.82) is 0 Å². The van der Waals surface area contributed by atoms with Crippen molar-refractivity contribution in [2.45, 2.75) is 270 Å². The predicted octanol–water partition coefficient (Wildman–Crippen LogP) is 14.2. The van der Waals surface area contributed by atoms with Gasteiger partial charge < -0.3 is 23.8 Å². The van der Waals surface area contributed by atoms with Crippen molar-refractivity contribution in [3.8, 4) is 0 Å². The van der Waals surface area contributed by atoms with E-state index in [1.807, 2.05) is 0 Å². The molecule has 2 atom stereocenters. The van der Waals surface area contributed by atoms with Crippen LogP contribution < -0.4 is 0 Å². The Hall–Kier alpha value is -1.18. The molecule has 1 saturated heterocycles.